The van der Waals surface area contributed by atoms with Crippen molar-refractivity contribution >= 4 is 11.8 Å². The van der Waals surface area contributed by atoms with E-state index >= 15 is 0 Å². The minimum atomic E-state index is -0.910. The highest BCUT2D eigenvalue weighted by molar-refractivity contribution is 5.81. The molecule has 2 bridgehead atoms. The summed E-state index contributed by atoms with van der Waals surface area (Å²) in [6.45, 7) is 0.814. The number of carbonyl (C=O) groups excluding carboxylic acids is 2. The molecule has 4 aliphatic heterocycles. The Balaban J connectivity index is 1.48. The Labute approximate surface area is 185 Å². The van der Waals surface area contributed by atoms with Crippen molar-refractivity contribution < 1.29 is 32.6 Å². The molecule has 1 saturated carbocycles. The van der Waals surface area contributed by atoms with Crippen molar-refractivity contribution in [3.63, 3.8) is 0 Å². The van der Waals surface area contributed by atoms with Crippen LogP contribution in [-0.2, 0) is 19.1 Å². The average Bonchev–Trinajstić information content (AvgIpc) is 2.80. The van der Waals surface area contributed by atoms with Crippen LogP contribution < -0.4 is 10.1 Å². The molecule has 2 saturated heterocycles. The van der Waals surface area contributed by atoms with Crippen LogP contribution in [0.1, 0.15) is 50.0 Å². The van der Waals surface area contributed by atoms with Crippen molar-refractivity contribution in [2.45, 2.75) is 62.1 Å². The van der Waals surface area contributed by atoms with Crippen LogP contribution in [0.3, 0.4) is 0 Å². The van der Waals surface area contributed by atoms with Crippen LogP contribution in [0.4, 0.5) is 8.78 Å². The first kappa shape index (κ1) is 21.6. The lowest BCUT2D eigenvalue weighted by Crippen LogP contribution is -2.72. The van der Waals surface area contributed by atoms with E-state index in [1.54, 1.807) is 4.90 Å². The highest BCUT2D eigenvalue weighted by Gasteiger charge is 2.50. The lowest BCUT2D eigenvalue weighted by molar-refractivity contribution is -0.156. The molecule has 1 spiro atoms. The molecule has 1 aromatic carbocycles. The van der Waals surface area contributed by atoms with E-state index < -0.39 is 17.2 Å². The van der Waals surface area contributed by atoms with Crippen LogP contribution in [0, 0.1) is 11.6 Å². The summed E-state index contributed by atoms with van der Waals surface area (Å²) in [5, 5.41) is 3.08. The number of piperidine rings is 1. The maximum atomic E-state index is 14.8. The molecule has 32 heavy (non-hydrogen) atoms. The van der Waals surface area contributed by atoms with Gasteiger partial charge in [-0.2, -0.15) is 0 Å². The number of amides is 2. The Morgan fingerprint density at radius 1 is 1.09 bits per heavy atom. The van der Waals surface area contributed by atoms with Gasteiger partial charge in [0.25, 0.3) is 5.91 Å². The monoisotopic (exact) mass is 450 g/mol. The molecule has 9 heteroatoms. The first-order valence-corrected chi connectivity index (χ1v) is 11.4. The Morgan fingerprint density at radius 2 is 1.91 bits per heavy atom. The quantitative estimate of drug-likeness (QED) is 0.656. The fraction of sp³-hybridized carbons (Fsp3) is 0.652. The van der Waals surface area contributed by atoms with E-state index in [-0.39, 0.29) is 61.0 Å². The number of rotatable bonds is 0. The van der Waals surface area contributed by atoms with Crippen molar-refractivity contribution in [3.8, 4) is 5.75 Å². The summed E-state index contributed by atoms with van der Waals surface area (Å²) in [5.74, 6) is -2.25. The van der Waals surface area contributed by atoms with Crippen LogP contribution in [0.2, 0.25) is 0 Å². The van der Waals surface area contributed by atoms with Crippen molar-refractivity contribution in [3.05, 3.63) is 29.3 Å². The SMILES string of the molecule is O=C1COC[C@@]2(CCCN3C(=O)COc4ccc(F)c(F)c4C4CCC(CC4)OC[C@H]32)N1. The highest BCUT2D eigenvalue weighted by Crippen LogP contribution is 2.41. The lowest BCUT2D eigenvalue weighted by atomic mass is 9.80. The fourth-order valence-electron chi connectivity index (χ4n) is 5.75. The largest absolute Gasteiger partial charge is 0.483 e. The minimum Gasteiger partial charge on any atom is -0.483 e. The van der Waals surface area contributed by atoms with E-state index in [9.17, 15) is 18.4 Å². The standard InChI is InChI=1S/C23H28F2N2O5/c24-16-6-7-17-21(22(16)25)14-2-4-15(5-3-14)31-10-18-23(13-30-11-19(28)26-23)8-1-9-27(18)20(29)12-32-17/h6-7,14-15,18H,1-5,8-13H2,(H,26,28)/t14?,15?,18-,23+/m0/s1. The highest BCUT2D eigenvalue weighted by atomic mass is 19.2. The second-order valence-corrected chi connectivity index (χ2v) is 9.27. The van der Waals surface area contributed by atoms with E-state index in [0.717, 1.165) is 6.07 Å². The van der Waals surface area contributed by atoms with E-state index in [0.29, 0.717) is 51.7 Å². The molecular weight excluding hydrogens is 422 g/mol. The number of carbonyl (C=O) groups is 2. The van der Waals surface area contributed by atoms with Gasteiger partial charge in [0.1, 0.15) is 12.4 Å². The normalized spacial score (nSPS) is 33.3. The van der Waals surface area contributed by atoms with Crippen LogP contribution in [-0.4, -0.2) is 67.4 Å². The Morgan fingerprint density at radius 3 is 2.69 bits per heavy atom. The molecule has 2 amide bonds. The van der Waals surface area contributed by atoms with Gasteiger partial charge in [0.05, 0.1) is 30.9 Å². The number of morpholine rings is 1. The van der Waals surface area contributed by atoms with E-state index in [1.165, 1.54) is 6.07 Å². The zero-order valence-electron chi connectivity index (χ0n) is 17.9. The van der Waals surface area contributed by atoms with Crippen molar-refractivity contribution in [2.75, 3.05) is 33.0 Å². The van der Waals surface area contributed by atoms with E-state index in [4.69, 9.17) is 14.2 Å². The zero-order chi connectivity index (χ0) is 22.3. The van der Waals surface area contributed by atoms with Gasteiger partial charge in [0.15, 0.2) is 18.2 Å². The summed E-state index contributed by atoms with van der Waals surface area (Å²) >= 11 is 0. The van der Waals surface area contributed by atoms with Gasteiger partial charge >= 0.3 is 0 Å². The molecule has 0 aromatic heterocycles. The molecule has 3 fully saturated rings. The minimum absolute atomic E-state index is 0.00923. The number of fused-ring (bicyclic) bond motifs is 5. The van der Waals surface area contributed by atoms with Crippen molar-refractivity contribution in [1.82, 2.24) is 10.2 Å². The molecule has 1 aliphatic carbocycles. The van der Waals surface area contributed by atoms with Gasteiger partial charge < -0.3 is 24.4 Å². The van der Waals surface area contributed by atoms with E-state index in [2.05, 4.69) is 5.32 Å². The molecule has 7 nitrogen and oxygen atoms in total. The molecule has 4 heterocycles. The first-order valence-electron chi connectivity index (χ1n) is 11.4. The summed E-state index contributed by atoms with van der Waals surface area (Å²) in [4.78, 5) is 27.1. The second-order valence-electron chi connectivity index (χ2n) is 9.27. The fourth-order valence-corrected chi connectivity index (χ4v) is 5.75. The summed E-state index contributed by atoms with van der Waals surface area (Å²) in [5.41, 5.74) is -0.483. The molecule has 6 rings (SSSR count). The zero-order valence-corrected chi connectivity index (χ0v) is 17.9. The summed E-state index contributed by atoms with van der Waals surface area (Å²) in [6.07, 6.45) is 4.06. The van der Waals surface area contributed by atoms with Gasteiger partial charge in [0, 0.05) is 12.1 Å². The van der Waals surface area contributed by atoms with Gasteiger partial charge in [-0.15, -0.1) is 0 Å². The van der Waals surface area contributed by atoms with Gasteiger partial charge in [-0.3, -0.25) is 9.59 Å². The number of nitrogens with zero attached hydrogens (tertiary/aromatic N) is 1. The van der Waals surface area contributed by atoms with Gasteiger partial charge in [0.2, 0.25) is 5.91 Å². The predicted molar refractivity (Wildman–Crippen MR) is 109 cm³/mol. The topological polar surface area (TPSA) is 77.1 Å². The van der Waals surface area contributed by atoms with Crippen LogP contribution in [0.25, 0.3) is 0 Å². The molecule has 1 N–H and O–H groups in total. The number of hydrogen-bond donors (Lipinski definition) is 1. The summed E-state index contributed by atoms with van der Waals surface area (Å²) < 4.78 is 46.4. The van der Waals surface area contributed by atoms with Gasteiger partial charge in [-0.25, -0.2) is 8.78 Å². The summed E-state index contributed by atoms with van der Waals surface area (Å²) in [6, 6.07) is 2.06. The second kappa shape index (κ2) is 8.59. The molecule has 0 radical (unpaired) electrons. The van der Waals surface area contributed by atoms with Gasteiger partial charge in [-0.05, 0) is 56.6 Å². The van der Waals surface area contributed by atoms with Crippen molar-refractivity contribution in [1.29, 1.82) is 0 Å². The predicted octanol–water partition coefficient (Wildman–Crippen LogP) is 2.28. The molecule has 0 unspecified atom stereocenters. The third-order valence-electron chi connectivity index (χ3n) is 7.35. The van der Waals surface area contributed by atoms with Crippen LogP contribution >= 0.6 is 0 Å². The first-order chi connectivity index (χ1) is 15.5. The Bertz CT molecular complexity index is 901. The average molecular weight is 450 g/mol. The van der Waals surface area contributed by atoms with Crippen LogP contribution in [0.15, 0.2) is 12.1 Å². The smallest absolute Gasteiger partial charge is 0.260 e. The van der Waals surface area contributed by atoms with Gasteiger partial charge in [-0.1, -0.05) is 0 Å². The number of halogens is 2. The number of nitrogens with one attached hydrogen (secondary N) is 1. The molecule has 5 aliphatic rings. The maximum absolute atomic E-state index is 14.8. The Hall–Kier alpha value is -2.26. The molecular formula is C23H28F2N2O5. The number of ether oxygens (including phenoxy) is 3. The Kier molecular flexibility index (Phi) is 5.79. The molecule has 174 valence electrons. The maximum Gasteiger partial charge on any atom is 0.260 e. The van der Waals surface area contributed by atoms with Crippen molar-refractivity contribution in [2.24, 2.45) is 0 Å². The molecule has 1 aromatic rings. The van der Waals surface area contributed by atoms with Crippen LogP contribution in [0.5, 0.6) is 5.75 Å². The summed E-state index contributed by atoms with van der Waals surface area (Å²) in [7, 11) is 0. The molecule has 2 atom stereocenters. The number of benzene rings is 1. The third-order valence-corrected chi connectivity index (χ3v) is 7.35. The lowest BCUT2D eigenvalue weighted by Gasteiger charge is -2.51. The van der Waals surface area contributed by atoms with E-state index in [1.807, 2.05) is 0 Å². The third kappa shape index (κ3) is 3.85. The number of hydrogen-bond acceptors (Lipinski definition) is 5.